The topological polar surface area (TPSA) is 94.3 Å². The minimum absolute atomic E-state index is 0.0809. The molecule has 0 bridgehead atoms. The molecule has 3 aromatic rings. The number of aromatic nitrogens is 2. The molecule has 1 N–H and O–H groups in total. The van der Waals surface area contributed by atoms with Crippen molar-refractivity contribution in [2.45, 2.75) is 43.2 Å². The van der Waals surface area contributed by atoms with Crippen molar-refractivity contribution < 1.29 is 17.7 Å². The van der Waals surface area contributed by atoms with E-state index in [0.717, 1.165) is 18.4 Å². The third kappa shape index (κ3) is 4.40. The number of ether oxygens (including phenoxy) is 1. The summed E-state index contributed by atoms with van der Waals surface area (Å²) < 4.78 is 38.5. The summed E-state index contributed by atoms with van der Waals surface area (Å²) >= 11 is 0. The molecule has 0 unspecified atom stereocenters. The van der Waals surface area contributed by atoms with Crippen LogP contribution in [0.1, 0.15) is 31.6 Å². The van der Waals surface area contributed by atoms with Crippen LogP contribution >= 0.6 is 0 Å². The quantitative estimate of drug-likeness (QED) is 0.653. The van der Waals surface area contributed by atoms with Gasteiger partial charge in [0.1, 0.15) is 5.75 Å². The Balaban J connectivity index is 1.38. The molecule has 1 fully saturated rings. The van der Waals surface area contributed by atoms with Crippen LogP contribution in [-0.2, 0) is 16.6 Å². The monoisotopic (exact) mass is 399 g/mol. The predicted octanol–water partition coefficient (Wildman–Crippen LogP) is 3.54. The molecule has 0 saturated heterocycles. The van der Waals surface area contributed by atoms with Gasteiger partial charge in [0.15, 0.2) is 0 Å². The molecule has 2 aromatic carbocycles. The predicted molar refractivity (Wildman–Crippen MR) is 103 cm³/mol. The van der Waals surface area contributed by atoms with E-state index in [1.165, 1.54) is 25.0 Å². The van der Waals surface area contributed by atoms with Gasteiger partial charge in [0, 0.05) is 5.56 Å². The van der Waals surface area contributed by atoms with Crippen LogP contribution in [0.5, 0.6) is 5.75 Å². The maximum atomic E-state index is 12.5. The van der Waals surface area contributed by atoms with Gasteiger partial charge in [-0.2, -0.15) is 4.98 Å². The Bertz CT molecular complexity index is 1010. The second-order valence-corrected chi connectivity index (χ2v) is 8.46. The Hall–Kier alpha value is -2.71. The second-order valence-electron chi connectivity index (χ2n) is 6.70. The fourth-order valence-electron chi connectivity index (χ4n) is 3.17. The molecule has 1 aromatic heterocycles. The molecule has 0 aliphatic heterocycles. The summed E-state index contributed by atoms with van der Waals surface area (Å²) in [6, 6.07) is 15.8. The summed E-state index contributed by atoms with van der Waals surface area (Å²) in [6.07, 6.45) is 4.70. The van der Waals surface area contributed by atoms with Gasteiger partial charge < -0.3 is 9.26 Å². The molecule has 1 heterocycles. The summed E-state index contributed by atoms with van der Waals surface area (Å²) in [6.45, 7) is -0.0809. The first-order valence-electron chi connectivity index (χ1n) is 9.24. The molecule has 7 nitrogen and oxygen atoms in total. The smallest absolute Gasteiger partial charge is 0.242 e. The normalized spacial score (nSPS) is 15.0. The van der Waals surface area contributed by atoms with Crippen molar-refractivity contribution in [2.75, 3.05) is 0 Å². The lowest BCUT2D eigenvalue weighted by molar-refractivity contribution is 0.210. The van der Waals surface area contributed by atoms with Crippen molar-refractivity contribution in [2.24, 2.45) is 0 Å². The highest BCUT2D eigenvalue weighted by molar-refractivity contribution is 7.89. The van der Waals surface area contributed by atoms with Crippen LogP contribution < -0.4 is 9.46 Å². The Morgan fingerprint density at radius 1 is 1.04 bits per heavy atom. The van der Waals surface area contributed by atoms with Crippen molar-refractivity contribution in [3.05, 3.63) is 60.5 Å². The molecule has 146 valence electrons. The maximum Gasteiger partial charge on any atom is 0.242 e. The minimum Gasteiger partial charge on any atom is -0.490 e. The number of rotatable bonds is 7. The van der Waals surface area contributed by atoms with Gasteiger partial charge >= 0.3 is 0 Å². The largest absolute Gasteiger partial charge is 0.490 e. The summed E-state index contributed by atoms with van der Waals surface area (Å²) in [4.78, 5) is 4.39. The molecular weight excluding hydrogens is 378 g/mol. The Kier molecular flexibility index (Phi) is 5.40. The average molecular weight is 399 g/mol. The maximum absolute atomic E-state index is 12.5. The molecule has 0 amide bonds. The minimum atomic E-state index is -3.69. The lowest BCUT2D eigenvalue weighted by Gasteiger charge is -2.13. The van der Waals surface area contributed by atoms with Gasteiger partial charge in [-0.3, -0.25) is 0 Å². The third-order valence-electron chi connectivity index (χ3n) is 4.65. The van der Waals surface area contributed by atoms with Gasteiger partial charge in [0.2, 0.25) is 21.7 Å². The first-order chi connectivity index (χ1) is 13.6. The lowest BCUT2D eigenvalue weighted by Crippen LogP contribution is -2.23. The van der Waals surface area contributed by atoms with Crippen LogP contribution in [0.2, 0.25) is 0 Å². The molecule has 0 spiro atoms. The van der Waals surface area contributed by atoms with Crippen LogP contribution in [0, 0.1) is 0 Å². The van der Waals surface area contributed by atoms with Gasteiger partial charge in [0.25, 0.3) is 0 Å². The molecule has 28 heavy (non-hydrogen) atoms. The van der Waals surface area contributed by atoms with Crippen LogP contribution in [-0.4, -0.2) is 24.7 Å². The Morgan fingerprint density at radius 3 is 2.46 bits per heavy atom. The van der Waals surface area contributed by atoms with E-state index in [-0.39, 0.29) is 23.4 Å². The van der Waals surface area contributed by atoms with Crippen LogP contribution in [0.4, 0.5) is 0 Å². The lowest BCUT2D eigenvalue weighted by atomic mass is 10.2. The van der Waals surface area contributed by atoms with Gasteiger partial charge in [-0.1, -0.05) is 35.5 Å². The van der Waals surface area contributed by atoms with Crippen molar-refractivity contribution in [3.63, 3.8) is 0 Å². The van der Waals surface area contributed by atoms with Crippen molar-refractivity contribution in [3.8, 4) is 17.1 Å². The molecule has 1 aliphatic rings. The highest BCUT2D eigenvalue weighted by Gasteiger charge is 2.19. The molecule has 4 rings (SSSR count). The second kappa shape index (κ2) is 8.12. The van der Waals surface area contributed by atoms with Gasteiger partial charge in [0.05, 0.1) is 17.5 Å². The molecule has 0 atom stereocenters. The van der Waals surface area contributed by atoms with E-state index in [2.05, 4.69) is 14.9 Å². The number of nitrogens with zero attached hydrogens (tertiary/aromatic N) is 2. The van der Waals surface area contributed by atoms with Gasteiger partial charge in [-0.05, 0) is 49.9 Å². The molecular formula is C20H21N3O4S. The number of hydrogen-bond acceptors (Lipinski definition) is 6. The number of nitrogens with one attached hydrogen (secondary N) is 1. The van der Waals surface area contributed by atoms with E-state index in [1.807, 2.05) is 30.3 Å². The standard InChI is InChI=1S/C20H21N3O4S/c24-28(25,18-12-10-17(11-13-18)26-16-8-4-5-9-16)21-14-19-22-20(23-27-19)15-6-2-1-3-7-15/h1-3,6-7,10-13,16,21H,4-5,8-9,14H2. The zero-order valence-electron chi connectivity index (χ0n) is 15.2. The Labute approximate surface area is 163 Å². The van der Waals surface area contributed by atoms with Crippen molar-refractivity contribution in [1.82, 2.24) is 14.9 Å². The van der Waals surface area contributed by atoms with E-state index in [0.29, 0.717) is 11.6 Å². The first kappa shape index (κ1) is 18.6. The van der Waals surface area contributed by atoms with Gasteiger partial charge in [-0.15, -0.1) is 0 Å². The van der Waals surface area contributed by atoms with E-state index >= 15 is 0 Å². The molecule has 0 radical (unpaired) electrons. The fraction of sp³-hybridized carbons (Fsp3) is 0.300. The first-order valence-corrected chi connectivity index (χ1v) is 10.7. The summed E-state index contributed by atoms with van der Waals surface area (Å²) in [7, 11) is -3.69. The van der Waals surface area contributed by atoms with Crippen LogP contribution in [0.15, 0.2) is 64.0 Å². The zero-order valence-corrected chi connectivity index (χ0v) is 16.1. The van der Waals surface area contributed by atoms with E-state index in [4.69, 9.17) is 9.26 Å². The summed E-state index contributed by atoms with van der Waals surface area (Å²) in [5.74, 6) is 1.31. The summed E-state index contributed by atoms with van der Waals surface area (Å²) in [5, 5.41) is 3.88. The summed E-state index contributed by atoms with van der Waals surface area (Å²) in [5.41, 5.74) is 0.804. The number of hydrogen-bond donors (Lipinski definition) is 1. The molecule has 1 aliphatic carbocycles. The SMILES string of the molecule is O=S(=O)(NCc1nc(-c2ccccc2)no1)c1ccc(OC2CCCC2)cc1. The number of sulfonamides is 1. The zero-order chi connectivity index (χ0) is 19.4. The van der Waals surface area contributed by atoms with Crippen LogP contribution in [0.3, 0.4) is 0 Å². The van der Waals surface area contributed by atoms with E-state index in [1.54, 1.807) is 12.1 Å². The van der Waals surface area contributed by atoms with Gasteiger partial charge in [-0.25, -0.2) is 13.1 Å². The number of benzene rings is 2. The highest BCUT2D eigenvalue weighted by atomic mass is 32.2. The van der Waals surface area contributed by atoms with E-state index < -0.39 is 10.0 Å². The highest BCUT2D eigenvalue weighted by Crippen LogP contribution is 2.25. The van der Waals surface area contributed by atoms with Crippen molar-refractivity contribution in [1.29, 1.82) is 0 Å². The average Bonchev–Trinajstić information content (AvgIpc) is 3.40. The molecule has 8 heteroatoms. The Morgan fingerprint density at radius 2 is 1.75 bits per heavy atom. The van der Waals surface area contributed by atoms with Crippen LogP contribution in [0.25, 0.3) is 11.4 Å². The van der Waals surface area contributed by atoms with Crippen molar-refractivity contribution >= 4 is 10.0 Å². The third-order valence-corrected chi connectivity index (χ3v) is 6.07. The van der Waals surface area contributed by atoms with E-state index in [9.17, 15) is 8.42 Å². The molecule has 1 saturated carbocycles. The fourth-order valence-corrected chi connectivity index (χ4v) is 4.14.